The predicted octanol–water partition coefficient (Wildman–Crippen LogP) is 2.79. The van der Waals surface area contributed by atoms with Crippen LogP contribution in [0.1, 0.15) is 24.8 Å². The molecule has 0 spiro atoms. The largest absolute Gasteiger partial charge is 0.493 e. The van der Waals surface area contributed by atoms with Crippen molar-refractivity contribution in [2.45, 2.75) is 35.8 Å². The molecule has 1 heterocycles. The Morgan fingerprint density at radius 1 is 1.05 bits per heavy atom. The number of hydrogen-bond donors (Lipinski definition) is 0. The van der Waals surface area contributed by atoms with Crippen molar-refractivity contribution < 1.29 is 41.2 Å². The van der Waals surface area contributed by atoms with Crippen molar-refractivity contribution in [1.82, 2.24) is 4.90 Å². The molecule has 210 valence electrons. The number of hydrogen-bond acceptors (Lipinski definition) is 10. The van der Waals surface area contributed by atoms with E-state index in [9.17, 15) is 22.8 Å². The summed E-state index contributed by atoms with van der Waals surface area (Å²) in [5.41, 5.74) is -2.94. The average molecular weight is 578 g/mol. The fourth-order valence-electron chi connectivity index (χ4n) is 5.87. The molecule has 10 nitrogen and oxygen atoms in total. The summed E-state index contributed by atoms with van der Waals surface area (Å²) in [6, 6.07) is 14.6. The van der Waals surface area contributed by atoms with Crippen molar-refractivity contribution in [3.8, 4) is 11.5 Å². The van der Waals surface area contributed by atoms with Crippen LogP contribution in [0, 0.1) is 5.41 Å². The summed E-state index contributed by atoms with van der Waals surface area (Å²) in [4.78, 5) is 43.3. The fourth-order valence-corrected chi connectivity index (χ4v) is 7.32. The molecule has 0 aromatic heterocycles. The molecule has 1 aliphatic heterocycles. The van der Waals surface area contributed by atoms with Crippen LogP contribution in [0.3, 0.4) is 0 Å². The molecular weight excluding hydrogens is 546 g/mol. The molecule has 0 unspecified atom stereocenters. The van der Waals surface area contributed by atoms with Crippen LogP contribution in [-0.4, -0.2) is 77.0 Å². The van der Waals surface area contributed by atoms with E-state index in [4.69, 9.17) is 18.4 Å². The zero-order valence-electron chi connectivity index (χ0n) is 22.2. The van der Waals surface area contributed by atoms with Crippen LogP contribution >= 0.6 is 11.8 Å². The lowest BCUT2D eigenvalue weighted by molar-refractivity contribution is -0.172. The predicted molar refractivity (Wildman–Crippen MR) is 143 cm³/mol. The van der Waals surface area contributed by atoms with Gasteiger partial charge in [-0.1, -0.05) is 24.3 Å². The smallest absolute Gasteiger partial charge is 0.318 e. The van der Waals surface area contributed by atoms with Crippen LogP contribution in [-0.2, 0) is 39.0 Å². The second kappa shape index (κ2) is 11.2. The SMILES string of the molecule is COC(=O)[C@@]12CC(=O)CC[C@]1(c1ccc(OC)c(OC)c1)N(CCSc1ccccc1)C(=O)[C@@H]2OS(C)(=O)=O. The lowest BCUT2D eigenvalue weighted by Crippen LogP contribution is -2.61. The van der Waals surface area contributed by atoms with Gasteiger partial charge < -0.3 is 19.1 Å². The fraction of sp³-hybridized carbons (Fsp3) is 0.444. The van der Waals surface area contributed by atoms with Gasteiger partial charge in [0.05, 0.1) is 33.1 Å². The maximum atomic E-state index is 14.1. The van der Waals surface area contributed by atoms with Gasteiger partial charge in [-0.2, -0.15) is 8.42 Å². The van der Waals surface area contributed by atoms with Gasteiger partial charge in [-0.25, -0.2) is 0 Å². The third-order valence-electron chi connectivity index (χ3n) is 7.39. The second-order valence-electron chi connectivity index (χ2n) is 9.44. The third-order valence-corrected chi connectivity index (χ3v) is 8.92. The number of ether oxygens (including phenoxy) is 3. The van der Waals surface area contributed by atoms with Crippen LogP contribution in [0.5, 0.6) is 11.5 Å². The van der Waals surface area contributed by atoms with Crippen molar-refractivity contribution in [2.24, 2.45) is 5.41 Å². The van der Waals surface area contributed by atoms with Crippen LogP contribution in [0.15, 0.2) is 53.4 Å². The minimum Gasteiger partial charge on any atom is -0.493 e. The van der Waals surface area contributed by atoms with Crippen molar-refractivity contribution in [2.75, 3.05) is 39.9 Å². The summed E-state index contributed by atoms with van der Waals surface area (Å²) in [6.07, 6.45) is -1.29. The molecule has 0 N–H and O–H groups in total. The number of likely N-dealkylation sites (tertiary alicyclic amines) is 1. The Bertz CT molecular complexity index is 1360. The molecule has 0 radical (unpaired) electrons. The molecule has 1 saturated carbocycles. The van der Waals surface area contributed by atoms with Gasteiger partial charge in [0, 0.05) is 30.0 Å². The Morgan fingerprint density at radius 3 is 2.36 bits per heavy atom. The molecule has 2 aliphatic rings. The Hall–Kier alpha value is -3.09. The summed E-state index contributed by atoms with van der Waals surface area (Å²) in [6.45, 7) is 0.142. The van der Waals surface area contributed by atoms with E-state index in [2.05, 4.69) is 0 Å². The number of Topliss-reactive ketones (excluding diaryl/α,β-unsaturated/α-hetero) is 1. The van der Waals surface area contributed by atoms with E-state index in [0.29, 0.717) is 22.8 Å². The number of rotatable bonds is 10. The molecule has 4 rings (SSSR count). The number of benzene rings is 2. The Morgan fingerprint density at radius 2 is 1.74 bits per heavy atom. The molecule has 3 atom stereocenters. The zero-order valence-corrected chi connectivity index (χ0v) is 23.8. The topological polar surface area (TPSA) is 126 Å². The van der Waals surface area contributed by atoms with E-state index < -0.39 is 45.5 Å². The minimum absolute atomic E-state index is 0.0573. The van der Waals surface area contributed by atoms with Crippen molar-refractivity contribution in [1.29, 1.82) is 0 Å². The number of ketones is 1. The number of esters is 1. The first-order valence-electron chi connectivity index (χ1n) is 12.2. The van der Waals surface area contributed by atoms with Gasteiger partial charge in [-0.15, -0.1) is 11.8 Å². The van der Waals surface area contributed by atoms with Gasteiger partial charge in [-0.05, 0) is 36.2 Å². The van der Waals surface area contributed by atoms with Gasteiger partial charge >= 0.3 is 5.97 Å². The number of nitrogens with zero attached hydrogens (tertiary/aromatic N) is 1. The summed E-state index contributed by atoms with van der Waals surface area (Å²) in [7, 11) is -0.139. The molecule has 0 bridgehead atoms. The quantitative estimate of drug-likeness (QED) is 0.236. The molecule has 2 aromatic carbocycles. The first-order chi connectivity index (χ1) is 18.5. The van der Waals surface area contributed by atoms with Gasteiger partial charge in [0.15, 0.2) is 17.6 Å². The normalized spacial score (nSPS) is 24.8. The summed E-state index contributed by atoms with van der Waals surface area (Å²) in [5, 5.41) is 0. The first kappa shape index (κ1) is 28.9. The number of thioether (sulfide) groups is 1. The second-order valence-corrected chi connectivity index (χ2v) is 12.2. The molecule has 39 heavy (non-hydrogen) atoms. The molecule has 2 fully saturated rings. The van der Waals surface area contributed by atoms with E-state index in [1.165, 1.54) is 30.9 Å². The zero-order chi connectivity index (χ0) is 28.4. The number of carbonyl (C=O) groups excluding carboxylic acids is 3. The highest BCUT2D eigenvalue weighted by Gasteiger charge is 2.76. The standard InChI is InChI=1S/C27H31NO9S2/c1-34-21-11-10-18(16-22(21)35-2)27-13-12-19(29)17-26(27,25(31)36-3)23(37-39(4,32)33)24(30)28(27)14-15-38-20-8-6-5-7-9-20/h5-11,16,23H,12-15,17H2,1-4H3/t23-,26-,27+/m0/s1. The van der Waals surface area contributed by atoms with Crippen LogP contribution in [0.4, 0.5) is 0 Å². The van der Waals surface area contributed by atoms with Gasteiger partial charge in [-0.3, -0.25) is 18.6 Å². The van der Waals surface area contributed by atoms with Crippen LogP contribution < -0.4 is 9.47 Å². The van der Waals surface area contributed by atoms with E-state index in [-0.39, 0.29) is 25.2 Å². The minimum atomic E-state index is -4.22. The third kappa shape index (κ3) is 5.01. The monoisotopic (exact) mass is 577 g/mol. The maximum Gasteiger partial charge on any atom is 0.318 e. The number of fused-ring (bicyclic) bond motifs is 1. The van der Waals surface area contributed by atoms with Crippen molar-refractivity contribution in [3.05, 3.63) is 54.1 Å². The van der Waals surface area contributed by atoms with Gasteiger partial charge in [0.1, 0.15) is 11.2 Å². The van der Waals surface area contributed by atoms with Crippen molar-refractivity contribution >= 4 is 39.5 Å². The molecule has 1 saturated heterocycles. The Labute approximate surface area is 232 Å². The number of amides is 1. The lowest BCUT2D eigenvalue weighted by Gasteiger charge is -2.51. The number of carbonyl (C=O) groups is 3. The van der Waals surface area contributed by atoms with Gasteiger partial charge in [0.2, 0.25) is 0 Å². The molecule has 2 aromatic rings. The van der Waals surface area contributed by atoms with E-state index >= 15 is 0 Å². The van der Waals surface area contributed by atoms with Crippen LogP contribution in [0.2, 0.25) is 0 Å². The molecule has 1 aliphatic carbocycles. The summed E-state index contributed by atoms with van der Waals surface area (Å²) < 4.78 is 46.3. The highest BCUT2D eigenvalue weighted by molar-refractivity contribution is 7.99. The lowest BCUT2D eigenvalue weighted by atomic mass is 9.57. The van der Waals surface area contributed by atoms with E-state index in [0.717, 1.165) is 18.3 Å². The number of methoxy groups -OCH3 is 3. The van der Waals surface area contributed by atoms with Crippen LogP contribution in [0.25, 0.3) is 0 Å². The molecular formula is C27H31NO9S2. The maximum absolute atomic E-state index is 14.1. The van der Waals surface area contributed by atoms with Gasteiger partial charge in [0.25, 0.3) is 16.0 Å². The summed E-state index contributed by atoms with van der Waals surface area (Å²) >= 11 is 1.50. The van der Waals surface area contributed by atoms with E-state index in [1.54, 1.807) is 18.2 Å². The highest BCUT2D eigenvalue weighted by Crippen LogP contribution is 2.62. The highest BCUT2D eigenvalue weighted by atomic mass is 32.2. The van der Waals surface area contributed by atoms with Crippen molar-refractivity contribution in [3.63, 3.8) is 0 Å². The summed E-state index contributed by atoms with van der Waals surface area (Å²) in [5.74, 6) is -0.700. The molecule has 1 amide bonds. The van der Waals surface area contributed by atoms with E-state index in [1.807, 2.05) is 30.3 Å². The molecule has 12 heteroatoms. The first-order valence-corrected chi connectivity index (χ1v) is 15.0. The Balaban J connectivity index is 1.94. The Kier molecular flexibility index (Phi) is 8.29. The average Bonchev–Trinajstić information content (AvgIpc) is 3.12.